The Morgan fingerprint density at radius 1 is 0.878 bits per heavy atom. The lowest BCUT2D eigenvalue weighted by Gasteiger charge is -2.58. The summed E-state index contributed by atoms with van der Waals surface area (Å²) in [5, 5.41) is 2.75. The van der Waals surface area contributed by atoms with Crippen LogP contribution in [0.5, 0.6) is 0 Å². The number of carbonyl (C=O) groups excluding carboxylic acids is 1. The van der Waals surface area contributed by atoms with E-state index in [9.17, 15) is 4.79 Å². The lowest BCUT2D eigenvalue weighted by atomic mass is 9.47. The van der Waals surface area contributed by atoms with Crippen molar-refractivity contribution in [1.82, 2.24) is 0 Å². The van der Waals surface area contributed by atoms with Crippen molar-refractivity contribution < 1.29 is 14.0 Å². The maximum atomic E-state index is 11.7. The molecule has 4 fully saturated rings. The summed E-state index contributed by atoms with van der Waals surface area (Å²) in [6.07, 6.45) is 13.2. The van der Waals surface area contributed by atoms with E-state index in [1.807, 2.05) is 0 Å². The van der Waals surface area contributed by atoms with Gasteiger partial charge in [-0.25, -0.2) is 0 Å². The first-order chi connectivity index (χ1) is 19.6. The molecule has 7 rings (SSSR count). The van der Waals surface area contributed by atoms with Crippen LogP contribution in [0.15, 0.2) is 72.3 Å². The smallest absolute Gasteiger partial charge is 0.261 e. The van der Waals surface area contributed by atoms with Crippen molar-refractivity contribution in [3.63, 3.8) is 0 Å². The first kappa shape index (κ1) is 27.8. The van der Waals surface area contributed by atoms with E-state index >= 15 is 0 Å². The van der Waals surface area contributed by atoms with E-state index in [0.717, 1.165) is 31.5 Å². The highest BCUT2D eigenvalue weighted by atomic mass is 28.4. The van der Waals surface area contributed by atoms with Crippen LogP contribution in [-0.2, 0) is 14.0 Å². The van der Waals surface area contributed by atoms with Gasteiger partial charge in [-0.15, -0.1) is 0 Å². The van der Waals surface area contributed by atoms with Crippen LogP contribution in [0.4, 0.5) is 0 Å². The zero-order valence-electron chi connectivity index (χ0n) is 25.7. The molecule has 4 aliphatic carbocycles. The van der Waals surface area contributed by atoms with Crippen LogP contribution >= 0.6 is 0 Å². The number of aldehydes is 1. The Balaban J connectivity index is 1.18. The summed E-state index contributed by atoms with van der Waals surface area (Å²) in [4.78, 5) is 11.7. The third-order valence-electron chi connectivity index (χ3n) is 12.9. The van der Waals surface area contributed by atoms with Crippen LogP contribution in [0.2, 0.25) is 5.04 Å². The number of hydrogen-bond acceptors (Lipinski definition) is 3. The molecule has 1 aliphatic heterocycles. The highest BCUT2D eigenvalue weighted by Crippen LogP contribution is 2.72. The van der Waals surface area contributed by atoms with E-state index in [1.165, 1.54) is 42.5 Å². The van der Waals surface area contributed by atoms with E-state index in [4.69, 9.17) is 9.16 Å². The van der Waals surface area contributed by atoms with Gasteiger partial charge in [0.2, 0.25) is 0 Å². The van der Waals surface area contributed by atoms with Crippen molar-refractivity contribution in [3.05, 3.63) is 72.3 Å². The van der Waals surface area contributed by atoms with Gasteiger partial charge >= 0.3 is 0 Å². The number of benzene rings is 2. The molecule has 0 amide bonds. The Kier molecular flexibility index (Phi) is 6.44. The zero-order valence-corrected chi connectivity index (χ0v) is 26.7. The van der Waals surface area contributed by atoms with E-state index in [0.29, 0.717) is 11.8 Å². The number of epoxide rings is 1. The third-order valence-corrected chi connectivity index (χ3v) is 18.0. The van der Waals surface area contributed by atoms with E-state index in [1.54, 1.807) is 5.57 Å². The number of hydrogen-bond donors (Lipinski definition) is 0. The number of carbonyl (C=O) groups is 1. The summed E-state index contributed by atoms with van der Waals surface area (Å²) in [7, 11) is -2.57. The summed E-state index contributed by atoms with van der Waals surface area (Å²) in [5.41, 5.74) is 1.93. The second-order valence-corrected chi connectivity index (χ2v) is 19.7. The first-order valence-corrected chi connectivity index (χ1v) is 18.1. The Hall–Kier alpha value is -2.01. The number of ether oxygens (including phenoxy) is 1. The van der Waals surface area contributed by atoms with Gasteiger partial charge in [0.15, 0.2) is 6.29 Å². The first-order valence-electron chi connectivity index (χ1n) is 16.2. The van der Waals surface area contributed by atoms with E-state index < -0.39 is 8.32 Å². The monoisotopic (exact) mass is 568 g/mol. The SMILES string of the molecule is CC(C)(C)[Si](O[C@H]1CC[C@@]2(C)C(=CCC3C2CC[C@@]2(C)C3CC[C@]23OC3C=O)C1)(c1ccccc1)c1ccccc1. The summed E-state index contributed by atoms with van der Waals surface area (Å²) in [6.45, 7) is 12.2. The van der Waals surface area contributed by atoms with Crippen molar-refractivity contribution in [1.29, 1.82) is 0 Å². The fraction of sp³-hybridized carbons (Fsp3) is 0.595. The molecule has 4 unspecified atom stereocenters. The minimum Gasteiger partial charge on any atom is -0.404 e. The maximum absolute atomic E-state index is 11.7. The van der Waals surface area contributed by atoms with Crippen LogP contribution in [0.3, 0.4) is 0 Å². The van der Waals surface area contributed by atoms with Crippen LogP contribution in [-0.4, -0.2) is 32.4 Å². The van der Waals surface area contributed by atoms with Gasteiger partial charge in [0.05, 0.1) is 0 Å². The van der Waals surface area contributed by atoms with Gasteiger partial charge in [0, 0.05) is 11.5 Å². The molecule has 0 radical (unpaired) electrons. The van der Waals surface area contributed by atoms with Crippen LogP contribution in [0.1, 0.15) is 86.0 Å². The average Bonchev–Trinajstić information content (AvgIpc) is 3.62. The molecule has 0 aromatic heterocycles. The van der Waals surface area contributed by atoms with Crippen molar-refractivity contribution in [2.75, 3.05) is 0 Å². The lowest BCUT2D eigenvalue weighted by molar-refractivity contribution is -0.109. The van der Waals surface area contributed by atoms with Crippen LogP contribution < -0.4 is 10.4 Å². The highest BCUT2D eigenvalue weighted by molar-refractivity contribution is 6.99. The average molecular weight is 569 g/mol. The molecule has 1 spiro atoms. The zero-order chi connectivity index (χ0) is 28.7. The standard InChI is InChI=1S/C37H48O3Si/c1-34(2,3)41(28-12-8-6-9-13-28,29-14-10-7-11-15-29)40-27-18-21-35(4)26(24-27)16-17-30-31(35)19-22-36(5)32(30)20-23-37(36)33(25-38)39-37/h6-16,25,27,30-33H,17-24H2,1-5H3/t27-,30?,31?,32?,33?,35-,36-,37+/m0/s1. The molecular weight excluding hydrogens is 520 g/mol. The summed E-state index contributed by atoms with van der Waals surface area (Å²) < 4.78 is 13.8. The lowest BCUT2D eigenvalue weighted by Crippen LogP contribution is -2.68. The van der Waals surface area contributed by atoms with Gasteiger partial charge in [-0.3, -0.25) is 0 Å². The molecular formula is C37H48O3Si. The normalized spacial score (nSPS) is 39.8. The molecule has 0 N–H and O–H groups in total. The summed E-state index contributed by atoms with van der Waals surface area (Å²) >= 11 is 0. The molecule has 218 valence electrons. The fourth-order valence-electron chi connectivity index (χ4n) is 10.7. The third kappa shape index (κ3) is 3.85. The molecule has 2 aromatic carbocycles. The molecule has 3 nitrogen and oxygen atoms in total. The molecule has 3 saturated carbocycles. The molecule has 1 heterocycles. The maximum Gasteiger partial charge on any atom is 0.261 e. The van der Waals surface area contributed by atoms with Gasteiger partial charge in [-0.1, -0.05) is 107 Å². The molecule has 0 bridgehead atoms. The molecule has 41 heavy (non-hydrogen) atoms. The quantitative estimate of drug-likeness (QED) is 0.165. The van der Waals surface area contributed by atoms with Crippen LogP contribution in [0.25, 0.3) is 0 Å². The van der Waals surface area contributed by atoms with Gasteiger partial charge in [0.25, 0.3) is 8.32 Å². The fourth-order valence-corrected chi connectivity index (χ4v) is 15.4. The van der Waals surface area contributed by atoms with Crippen LogP contribution in [0, 0.1) is 28.6 Å². The Bertz CT molecular complexity index is 1290. The number of rotatable bonds is 5. The minimum atomic E-state index is -2.57. The second kappa shape index (κ2) is 9.49. The molecule has 8 atom stereocenters. The van der Waals surface area contributed by atoms with Crippen molar-refractivity contribution in [2.45, 2.75) is 109 Å². The van der Waals surface area contributed by atoms with Gasteiger partial charge in [-0.2, -0.15) is 0 Å². The number of fused-ring (bicyclic) bond motifs is 6. The Labute approximate surface area is 248 Å². The predicted octanol–water partition coefficient (Wildman–Crippen LogP) is 7.23. The highest BCUT2D eigenvalue weighted by Gasteiger charge is 2.74. The summed E-state index contributed by atoms with van der Waals surface area (Å²) in [6, 6.07) is 22.2. The van der Waals surface area contributed by atoms with E-state index in [2.05, 4.69) is 101 Å². The van der Waals surface area contributed by atoms with Gasteiger partial charge < -0.3 is 14.0 Å². The topological polar surface area (TPSA) is 38.8 Å². The largest absolute Gasteiger partial charge is 0.404 e. The summed E-state index contributed by atoms with van der Waals surface area (Å²) in [5.74, 6) is 2.12. The molecule has 4 heteroatoms. The van der Waals surface area contributed by atoms with Gasteiger partial charge in [-0.05, 0) is 89.9 Å². The Morgan fingerprint density at radius 3 is 2.10 bits per heavy atom. The minimum absolute atomic E-state index is 0.000978. The number of allylic oxidation sites excluding steroid dienone is 1. The predicted molar refractivity (Wildman–Crippen MR) is 168 cm³/mol. The van der Waals surface area contributed by atoms with E-state index in [-0.39, 0.29) is 33.7 Å². The van der Waals surface area contributed by atoms with Crippen molar-refractivity contribution >= 4 is 25.0 Å². The Morgan fingerprint density at radius 2 is 1.51 bits per heavy atom. The molecule has 2 aromatic rings. The van der Waals surface area contributed by atoms with Crippen molar-refractivity contribution in [3.8, 4) is 0 Å². The molecule has 1 saturated heterocycles. The van der Waals surface area contributed by atoms with Crippen molar-refractivity contribution in [2.24, 2.45) is 28.6 Å². The van der Waals surface area contributed by atoms with Gasteiger partial charge in [0.1, 0.15) is 11.7 Å². The molecule has 5 aliphatic rings. The second-order valence-electron chi connectivity index (χ2n) is 15.5.